The summed E-state index contributed by atoms with van der Waals surface area (Å²) in [5.74, 6) is 0.116. The first-order valence-corrected chi connectivity index (χ1v) is 13.1. The summed E-state index contributed by atoms with van der Waals surface area (Å²) in [5.41, 5.74) is 10.0. The molecule has 4 aromatic rings. The number of aliphatic hydroxyl groups is 1. The Balaban J connectivity index is 1.41. The van der Waals surface area contributed by atoms with E-state index in [2.05, 4.69) is 25.3 Å². The molecule has 2 saturated heterocycles. The van der Waals surface area contributed by atoms with Gasteiger partial charge in [0.2, 0.25) is 5.82 Å². The van der Waals surface area contributed by atoms with Gasteiger partial charge in [-0.2, -0.15) is 14.7 Å². The molecule has 0 aromatic carbocycles. The molecule has 202 valence electrons. The highest BCUT2D eigenvalue weighted by Crippen LogP contribution is 2.45. The summed E-state index contributed by atoms with van der Waals surface area (Å²) < 4.78 is 1.51. The molecule has 3 atom stereocenters. The standard InChI is InChI=1S/C27H31N9O3/c1-13-7-16(10-29-22(13)27(3,4)39)19-11-32-36-23(28)20(14(2)37)21(33-25(19)36)15-8-17-5-6-18(9-15)35(17)26(38)24-30-12-31-34-24/h7,10-12,15,17-18,39H,5-6,8-9,28H2,1-4H3,(H,30,31,34)/t15?,17-,18+. The minimum atomic E-state index is -1.07. The molecule has 2 aliphatic rings. The van der Waals surface area contributed by atoms with Crippen molar-refractivity contribution >= 4 is 23.2 Å². The van der Waals surface area contributed by atoms with E-state index in [-0.39, 0.29) is 41.3 Å². The Hall–Kier alpha value is -4.19. The summed E-state index contributed by atoms with van der Waals surface area (Å²) >= 11 is 0. The van der Waals surface area contributed by atoms with Crippen molar-refractivity contribution in [3.8, 4) is 11.1 Å². The number of piperidine rings is 1. The average Bonchev–Trinajstić information content (AvgIpc) is 3.61. The van der Waals surface area contributed by atoms with Gasteiger partial charge in [0.25, 0.3) is 5.91 Å². The van der Waals surface area contributed by atoms with Crippen molar-refractivity contribution < 1.29 is 14.7 Å². The molecule has 0 radical (unpaired) electrons. The Bertz CT molecular complexity index is 1590. The molecule has 4 N–H and O–H groups in total. The number of aromatic nitrogens is 7. The fraction of sp³-hybridized carbons (Fsp3) is 0.444. The molecule has 2 bridgehead atoms. The maximum Gasteiger partial charge on any atom is 0.291 e. The summed E-state index contributed by atoms with van der Waals surface area (Å²) in [6.45, 7) is 6.80. The Morgan fingerprint density at radius 3 is 2.46 bits per heavy atom. The Kier molecular flexibility index (Phi) is 5.75. The van der Waals surface area contributed by atoms with Crippen LogP contribution in [0, 0.1) is 6.92 Å². The van der Waals surface area contributed by atoms with Crippen molar-refractivity contribution in [2.45, 2.75) is 77.0 Å². The van der Waals surface area contributed by atoms with Crippen molar-refractivity contribution in [2.75, 3.05) is 5.73 Å². The van der Waals surface area contributed by atoms with Crippen molar-refractivity contribution in [1.29, 1.82) is 0 Å². The number of nitrogens with zero attached hydrogens (tertiary/aromatic N) is 7. The first-order valence-electron chi connectivity index (χ1n) is 13.1. The van der Waals surface area contributed by atoms with Crippen LogP contribution in [0.15, 0.2) is 24.8 Å². The lowest BCUT2D eigenvalue weighted by atomic mass is 9.85. The van der Waals surface area contributed by atoms with Gasteiger partial charge in [-0.25, -0.2) is 9.97 Å². The van der Waals surface area contributed by atoms with Gasteiger partial charge in [-0.05, 0) is 65.0 Å². The number of H-pyrrole nitrogens is 1. The fourth-order valence-corrected chi connectivity index (χ4v) is 6.42. The van der Waals surface area contributed by atoms with Crippen LogP contribution in [0.5, 0.6) is 0 Å². The van der Waals surface area contributed by atoms with Crippen LogP contribution in [0.3, 0.4) is 0 Å². The van der Waals surface area contributed by atoms with Gasteiger partial charge >= 0.3 is 0 Å². The number of hydrogen-bond donors (Lipinski definition) is 3. The van der Waals surface area contributed by atoms with Gasteiger partial charge in [-0.3, -0.25) is 19.7 Å². The van der Waals surface area contributed by atoms with Crippen LogP contribution in [0.4, 0.5) is 5.82 Å². The van der Waals surface area contributed by atoms with E-state index in [0.29, 0.717) is 35.4 Å². The quantitative estimate of drug-likeness (QED) is 0.329. The first-order chi connectivity index (χ1) is 18.5. The summed E-state index contributed by atoms with van der Waals surface area (Å²) in [6.07, 6.45) is 7.81. The number of aromatic amines is 1. The molecule has 2 fully saturated rings. The normalized spacial score (nSPS) is 21.1. The lowest BCUT2D eigenvalue weighted by Crippen LogP contribution is -2.46. The molecule has 4 aromatic heterocycles. The molecule has 12 nitrogen and oxygen atoms in total. The Morgan fingerprint density at radius 2 is 1.87 bits per heavy atom. The fourth-order valence-electron chi connectivity index (χ4n) is 6.42. The third-order valence-electron chi connectivity index (χ3n) is 8.00. The van der Waals surface area contributed by atoms with E-state index in [1.807, 2.05) is 17.9 Å². The van der Waals surface area contributed by atoms with Crippen molar-refractivity contribution in [3.05, 3.63) is 53.1 Å². The number of carbonyl (C=O) groups excluding carboxylic acids is 2. The molecular weight excluding hydrogens is 498 g/mol. The SMILES string of the molecule is CC(=O)c1c(C2C[C@H]3CC[C@@H](C2)N3C(=O)c2ncn[nH]2)nc2c(-c3cnc(C(C)(C)O)c(C)c3)cnn2c1N. The monoisotopic (exact) mass is 529 g/mol. The maximum absolute atomic E-state index is 13.1. The minimum Gasteiger partial charge on any atom is -0.384 e. The van der Waals surface area contributed by atoms with Gasteiger partial charge in [0, 0.05) is 35.3 Å². The number of rotatable bonds is 5. The second-order valence-electron chi connectivity index (χ2n) is 11.2. The number of carbonyl (C=O) groups is 2. The number of pyridine rings is 1. The van der Waals surface area contributed by atoms with Crippen LogP contribution in [0.1, 0.15) is 90.3 Å². The van der Waals surface area contributed by atoms with Crippen LogP contribution in [0.2, 0.25) is 0 Å². The summed E-state index contributed by atoms with van der Waals surface area (Å²) in [7, 11) is 0. The molecule has 6 rings (SSSR count). The summed E-state index contributed by atoms with van der Waals surface area (Å²) in [5, 5.41) is 21.4. The number of hydrogen-bond acceptors (Lipinski definition) is 9. The average molecular weight is 530 g/mol. The molecule has 6 heterocycles. The van der Waals surface area contributed by atoms with Gasteiger partial charge in [0.1, 0.15) is 17.7 Å². The molecule has 0 spiro atoms. The predicted molar refractivity (Wildman–Crippen MR) is 142 cm³/mol. The number of aryl methyl sites for hydroxylation is 1. The van der Waals surface area contributed by atoms with Crippen molar-refractivity contribution in [1.82, 2.24) is 39.7 Å². The number of nitrogens with one attached hydrogen (secondary N) is 1. The molecule has 1 amide bonds. The van der Waals surface area contributed by atoms with E-state index < -0.39 is 5.60 Å². The topological polar surface area (TPSA) is 168 Å². The van der Waals surface area contributed by atoms with Gasteiger partial charge in [-0.15, -0.1) is 0 Å². The maximum atomic E-state index is 13.1. The summed E-state index contributed by atoms with van der Waals surface area (Å²) in [6, 6.07) is 1.97. The third-order valence-corrected chi connectivity index (χ3v) is 8.00. The van der Waals surface area contributed by atoms with Gasteiger partial charge < -0.3 is 15.7 Å². The smallest absolute Gasteiger partial charge is 0.291 e. The zero-order chi connectivity index (χ0) is 27.6. The number of fused-ring (bicyclic) bond motifs is 3. The van der Waals surface area contributed by atoms with E-state index in [1.165, 1.54) is 17.8 Å². The van der Waals surface area contributed by atoms with Crippen LogP contribution < -0.4 is 5.73 Å². The second-order valence-corrected chi connectivity index (χ2v) is 11.2. The highest BCUT2D eigenvalue weighted by Gasteiger charge is 2.45. The molecule has 1 unspecified atom stereocenters. The molecule has 2 aliphatic heterocycles. The van der Waals surface area contributed by atoms with Gasteiger partial charge in [-0.1, -0.05) is 0 Å². The molecular formula is C27H31N9O3. The zero-order valence-electron chi connectivity index (χ0n) is 22.3. The predicted octanol–water partition coefficient (Wildman–Crippen LogP) is 2.78. The van der Waals surface area contributed by atoms with Crippen molar-refractivity contribution in [3.63, 3.8) is 0 Å². The third kappa shape index (κ3) is 4.06. The number of nitrogen functional groups attached to an aromatic ring is 1. The Morgan fingerprint density at radius 1 is 1.15 bits per heavy atom. The van der Waals surface area contributed by atoms with E-state index in [9.17, 15) is 14.7 Å². The number of Topliss-reactive ketones (excluding diaryl/α,β-unsaturated/α-hetero) is 1. The number of amides is 1. The largest absolute Gasteiger partial charge is 0.384 e. The highest BCUT2D eigenvalue weighted by atomic mass is 16.3. The number of anilines is 1. The highest BCUT2D eigenvalue weighted by molar-refractivity contribution is 6.00. The van der Waals surface area contributed by atoms with E-state index in [4.69, 9.17) is 10.7 Å². The van der Waals surface area contributed by atoms with Gasteiger partial charge in [0.15, 0.2) is 11.4 Å². The van der Waals surface area contributed by atoms with Crippen molar-refractivity contribution in [2.24, 2.45) is 0 Å². The zero-order valence-corrected chi connectivity index (χ0v) is 22.3. The Labute approximate surface area is 224 Å². The molecule has 0 saturated carbocycles. The van der Waals surface area contributed by atoms with E-state index >= 15 is 0 Å². The first kappa shape index (κ1) is 25.1. The van der Waals surface area contributed by atoms with Crippen LogP contribution in [-0.4, -0.2) is 68.5 Å². The van der Waals surface area contributed by atoms with Crippen LogP contribution in [-0.2, 0) is 5.60 Å². The lowest BCUT2D eigenvalue weighted by molar-refractivity contribution is 0.0556. The lowest BCUT2D eigenvalue weighted by Gasteiger charge is -2.38. The van der Waals surface area contributed by atoms with Crippen LogP contribution >= 0.6 is 0 Å². The van der Waals surface area contributed by atoms with Crippen LogP contribution in [0.25, 0.3) is 16.8 Å². The van der Waals surface area contributed by atoms with E-state index in [1.54, 1.807) is 26.2 Å². The molecule has 12 heteroatoms. The number of nitrogens with two attached hydrogens (primary N) is 1. The molecule has 39 heavy (non-hydrogen) atoms. The molecule has 0 aliphatic carbocycles. The second kappa shape index (κ2) is 8.94. The minimum absolute atomic E-state index is 0.0102. The summed E-state index contributed by atoms with van der Waals surface area (Å²) in [4.78, 5) is 41.5. The number of ketones is 1. The van der Waals surface area contributed by atoms with Gasteiger partial charge in [0.05, 0.1) is 23.1 Å². The van der Waals surface area contributed by atoms with E-state index in [0.717, 1.165) is 29.5 Å².